The maximum atomic E-state index is 12.8. The number of amides is 1. The number of hydrogen-bond donors (Lipinski definition) is 1. The van der Waals surface area contributed by atoms with Crippen LogP contribution in [0.3, 0.4) is 0 Å². The van der Waals surface area contributed by atoms with Crippen molar-refractivity contribution in [3.05, 3.63) is 84.4 Å². The minimum absolute atomic E-state index is 0.0294. The Balaban J connectivity index is 1.17. The van der Waals surface area contributed by atoms with E-state index in [1.54, 1.807) is 11.4 Å². The van der Waals surface area contributed by atoms with Crippen LogP contribution < -0.4 is 15.0 Å². The van der Waals surface area contributed by atoms with Crippen molar-refractivity contribution in [2.75, 3.05) is 50.5 Å². The zero-order valence-electron chi connectivity index (χ0n) is 20.6. The van der Waals surface area contributed by atoms with Crippen molar-refractivity contribution in [3.63, 3.8) is 0 Å². The molecule has 1 aliphatic heterocycles. The highest BCUT2D eigenvalue weighted by molar-refractivity contribution is 7.89. The molecular formula is C28H33N3O4S. The lowest BCUT2D eigenvalue weighted by molar-refractivity contribution is -0.120. The molecule has 1 aliphatic rings. The van der Waals surface area contributed by atoms with Gasteiger partial charge in [-0.1, -0.05) is 54.6 Å². The summed E-state index contributed by atoms with van der Waals surface area (Å²) >= 11 is 0. The Bertz CT molecular complexity index is 1220. The first-order chi connectivity index (χ1) is 17.4. The number of carbonyl (C=O) groups is 1. The Morgan fingerprint density at radius 3 is 2.14 bits per heavy atom. The van der Waals surface area contributed by atoms with Crippen LogP contribution in [0.25, 0.3) is 11.1 Å². The largest absolute Gasteiger partial charge is 0.497 e. The van der Waals surface area contributed by atoms with Gasteiger partial charge in [0.15, 0.2) is 0 Å². The van der Waals surface area contributed by atoms with Crippen LogP contribution in [-0.4, -0.2) is 64.2 Å². The molecule has 0 spiro atoms. The summed E-state index contributed by atoms with van der Waals surface area (Å²) in [6.45, 7) is 2.54. The lowest BCUT2D eigenvalue weighted by atomic mass is 10.0. The van der Waals surface area contributed by atoms with Gasteiger partial charge in [-0.3, -0.25) is 4.79 Å². The van der Waals surface area contributed by atoms with Crippen LogP contribution >= 0.6 is 0 Å². The van der Waals surface area contributed by atoms with Crippen molar-refractivity contribution in [1.29, 1.82) is 0 Å². The van der Waals surface area contributed by atoms with E-state index in [1.807, 2.05) is 66.7 Å². The van der Waals surface area contributed by atoms with E-state index in [0.717, 1.165) is 28.1 Å². The first kappa shape index (κ1) is 25.7. The molecule has 1 amide bonds. The summed E-state index contributed by atoms with van der Waals surface area (Å²) in [5.41, 5.74) is 4.23. The van der Waals surface area contributed by atoms with Gasteiger partial charge in [-0.25, -0.2) is 8.42 Å². The van der Waals surface area contributed by atoms with Crippen molar-refractivity contribution >= 4 is 21.6 Å². The molecule has 190 valence electrons. The smallest absolute Gasteiger partial charge is 0.224 e. The van der Waals surface area contributed by atoms with Crippen LogP contribution in [0.15, 0.2) is 78.9 Å². The molecule has 3 aromatic rings. The fourth-order valence-electron chi connectivity index (χ4n) is 4.32. The van der Waals surface area contributed by atoms with Crippen LogP contribution in [0, 0.1) is 0 Å². The molecule has 1 heterocycles. The van der Waals surface area contributed by atoms with Gasteiger partial charge in [-0.15, -0.1) is 0 Å². The Kier molecular flexibility index (Phi) is 8.61. The second kappa shape index (κ2) is 12.1. The number of benzene rings is 3. The molecule has 1 fully saturated rings. The second-order valence-corrected chi connectivity index (χ2v) is 10.9. The summed E-state index contributed by atoms with van der Waals surface area (Å²) < 4.78 is 32.3. The number of sulfonamides is 1. The highest BCUT2D eigenvalue weighted by Gasteiger charge is 2.26. The van der Waals surface area contributed by atoms with E-state index in [2.05, 4.69) is 22.3 Å². The van der Waals surface area contributed by atoms with Gasteiger partial charge in [0, 0.05) is 38.4 Å². The lowest BCUT2D eigenvalue weighted by Crippen LogP contribution is -2.49. The molecule has 8 heteroatoms. The number of methoxy groups -OCH3 is 1. The summed E-state index contributed by atoms with van der Waals surface area (Å²) in [4.78, 5) is 14.5. The minimum atomic E-state index is -3.35. The number of rotatable bonds is 10. The van der Waals surface area contributed by atoms with Gasteiger partial charge in [-0.2, -0.15) is 4.31 Å². The SMILES string of the molecule is COc1ccc(N2CCN(S(=O)(=O)CCCNC(=O)Cc3ccc(-c4ccccc4)cc3)CC2)cc1. The minimum Gasteiger partial charge on any atom is -0.497 e. The van der Waals surface area contributed by atoms with Crippen LogP contribution in [0.2, 0.25) is 0 Å². The molecule has 1 saturated heterocycles. The van der Waals surface area contributed by atoms with Gasteiger partial charge in [0.2, 0.25) is 15.9 Å². The number of anilines is 1. The highest BCUT2D eigenvalue weighted by Crippen LogP contribution is 2.22. The third-order valence-corrected chi connectivity index (χ3v) is 8.35. The van der Waals surface area contributed by atoms with E-state index in [-0.39, 0.29) is 18.1 Å². The molecule has 7 nitrogen and oxygen atoms in total. The van der Waals surface area contributed by atoms with E-state index in [0.29, 0.717) is 39.1 Å². The molecule has 1 N–H and O–H groups in total. The first-order valence-corrected chi connectivity index (χ1v) is 13.8. The third-order valence-electron chi connectivity index (χ3n) is 6.40. The predicted molar refractivity (Wildman–Crippen MR) is 144 cm³/mol. The van der Waals surface area contributed by atoms with Gasteiger partial charge >= 0.3 is 0 Å². The predicted octanol–water partition coefficient (Wildman–Crippen LogP) is 3.56. The van der Waals surface area contributed by atoms with E-state index in [4.69, 9.17) is 4.74 Å². The molecule has 0 aromatic heterocycles. The van der Waals surface area contributed by atoms with Crippen molar-refractivity contribution in [2.24, 2.45) is 0 Å². The fraction of sp³-hybridized carbons (Fsp3) is 0.321. The Morgan fingerprint density at radius 1 is 0.861 bits per heavy atom. The van der Waals surface area contributed by atoms with Crippen molar-refractivity contribution in [1.82, 2.24) is 9.62 Å². The third kappa shape index (κ3) is 6.86. The van der Waals surface area contributed by atoms with E-state index < -0.39 is 10.0 Å². The number of piperazine rings is 1. The second-order valence-electron chi connectivity index (χ2n) is 8.84. The zero-order valence-corrected chi connectivity index (χ0v) is 21.4. The maximum Gasteiger partial charge on any atom is 0.224 e. The fourth-order valence-corrected chi connectivity index (χ4v) is 5.81. The quantitative estimate of drug-likeness (QED) is 0.425. The van der Waals surface area contributed by atoms with Gasteiger partial charge in [0.1, 0.15) is 5.75 Å². The van der Waals surface area contributed by atoms with Crippen LogP contribution in [0.5, 0.6) is 5.75 Å². The number of carbonyl (C=O) groups excluding carboxylic acids is 1. The van der Waals surface area contributed by atoms with Crippen LogP contribution in [0.1, 0.15) is 12.0 Å². The molecule has 0 atom stereocenters. The zero-order chi connectivity index (χ0) is 25.4. The molecule has 0 radical (unpaired) electrons. The van der Waals surface area contributed by atoms with Crippen molar-refractivity contribution in [2.45, 2.75) is 12.8 Å². The summed E-state index contributed by atoms with van der Waals surface area (Å²) in [6.07, 6.45) is 0.662. The standard InChI is InChI=1S/C28H33N3O4S/c1-35-27-14-12-26(13-15-27)30-17-19-31(20-18-30)36(33,34)21-5-16-29-28(32)22-23-8-10-25(11-9-23)24-6-3-2-4-7-24/h2-4,6-15H,5,16-22H2,1H3,(H,29,32). The van der Waals surface area contributed by atoms with Gasteiger partial charge in [-0.05, 0) is 47.4 Å². The summed E-state index contributed by atoms with van der Waals surface area (Å²) in [7, 11) is -1.72. The lowest BCUT2D eigenvalue weighted by Gasteiger charge is -2.35. The Morgan fingerprint density at radius 2 is 1.50 bits per heavy atom. The Labute approximate surface area is 213 Å². The van der Waals surface area contributed by atoms with E-state index >= 15 is 0 Å². The Hall–Kier alpha value is -3.36. The van der Waals surface area contributed by atoms with E-state index in [1.165, 1.54) is 0 Å². The molecule has 0 aliphatic carbocycles. The number of hydrogen-bond acceptors (Lipinski definition) is 5. The molecule has 0 unspecified atom stereocenters. The topological polar surface area (TPSA) is 79.0 Å². The molecule has 4 rings (SSSR count). The molecule has 3 aromatic carbocycles. The number of nitrogens with zero attached hydrogens (tertiary/aromatic N) is 2. The molecule has 0 saturated carbocycles. The molecule has 0 bridgehead atoms. The number of nitrogens with one attached hydrogen (secondary N) is 1. The van der Waals surface area contributed by atoms with Crippen molar-refractivity contribution < 1.29 is 17.9 Å². The van der Waals surface area contributed by atoms with Gasteiger partial charge in [0.05, 0.1) is 19.3 Å². The first-order valence-electron chi connectivity index (χ1n) is 12.2. The van der Waals surface area contributed by atoms with Crippen LogP contribution in [0.4, 0.5) is 5.69 Å². The average molecular weight is 508 g/mol. The van der Waals surface area contributed by atoms with Gasteiger partial charge < -0.3 is 15.0 Å². The van der Waals surface area contributed by atoms with Gasteiger partial charge in [0.25, 0.3) is 0 Å². The average Bonchev–Trinajstić information content (AvgIpc) is 2.92. The summed E-state index contributed by atoms with van der Waals surface area (Å²) in [6, 6.07) is 25.8. The summed E-state index contributed by atoms with van der Waals surface area (Å²) in [5.74, 6) is 0.725. The normalized spacial score (nSPS) is 14.4. The van der Waals surface area contributed by atoms with E-state index in [9.17, 15) is 13.2 Å². The monoisotopic (exact) mass is 507 g/mol. The highest BCUT2D eigenvalue weighted by atomic mass is 32.2. The van der Waals surface area contributed by atoms with Crippen LogP contribution in [-0.2, 0) is 21.2 Å². The van der Waals surface area contributed by atoms with Crippen molar-refractivity contribution in [3.8, 4) is 16.9 Å². The molecular weight excluding hydrogens is 474 g/mol. The summed E-state index contributed by atoms with van der Waals surface area (Å²) in [5, 5.41) is 2.85. The number of ether oxygens (including phenoxy) is 1. The molecule has 36 heavy (non-hydrogen) atoms. The maximum absolute atomic E-state index is 12.8.